The maximum absolute atomic E-state index is 12.2. The fourth-order valence-corrected chi connectivity index (χ4v) is 4.41. The monoisotopic (exact) mass is 481 g/mol. The Labute approximate surface area is 212 Å². The molecule has 0 aromatic rings. The first-order chi connectivity index (χ1) is 16.7. The molecule has 4 heteroatoms. The molecule has 0 aliphatic carbocycles. The fourth-order valence-electron chi connectivity index (χ4n) is 4.41. The quantitative estimate of drug-likeness (QED) is 0.0865. The Hall–Kier alpha value is -0.870. The van der Waals surface area contributed by atoms with Gasteiger partial charge in [-0.3, -0.25) is 4.79 Å². The van der Waals surface area contributed by atoms with Crippen molar-refractivity contribution in [1.82, 2.24) is 5.32 Å². The standard InChI is InChI=1S/C30H59NO3/c1-3-5-7-9-11-13-15-17-19-21-23-25-29(33)28(27-32)31-30(34)26-24-22-20-18-16-14-12-10-8-6-4-2/h23,25,28-29,32-33H,3-22,24,26-27H2,1-2H3,(H,31,34)/b25-23+. The number of carbonyl (C=O) groups excluding carboxylic acids is 1. The minimum Gasteiger partial charge on any atom is -0.394 e. The van der Waals surface area contributed by atoms with Crippen LogP contribution < -0.4 is 5.32 Å². The Morgan fingerprint density at radius 2 is 1.09 bits per heavy atom. The van der Waals surface area contributed by atoms with Crippen LogP contribution in [0.25, 0.3) is 0 Å². The fraction of sp³-hybridized carbons (Fsp3) is 0.900. The van der Waals surface area contributed by atoms with Gasteiger partial charge in [0.2, 0.25) is 5.91 Å². The summed E-state index contributed by atoms with van der Waals surface area (Å²) in [6.07, 6.45) is 29.9. The number of nitrogens with one attached hydrogen (secondary N) is 1. The molecule has 0 spiro atoms. The van der Waals surface area contributed by atoms with E-state index in [4.69, 9.17) is 0 Å². The van der Waals surface area contributed by atoms with Crippen LogP contribution in [-0.4, -0.2) is 34.9 Å². The second-order valence-electron chi connectivity index (χ2n) is 10.2. The van der Waals surface area contributed by atoms with Crippen molar-refractivity contribution in [3.63, 3.8) is 0 Å². The molecule has 3 N–H and O–H groups in total. The zero-order valence-corrected chi connectivity index (χ0v) is 22.9. The van der Waals surface area contributed by atoms with E-state index in [1.807, 2.05) is 6.08 Å². The van der Waals surface area contributed by atoms with Gasteiger partial charge in [0, 0.05) is 6.42 Å². The molecule has 0 heterocycles. The first kappa shape index (κ1) is 33.1. The maximum Gasteiger partial charge on any atom is 0.220 e. The van der Waals surface area contributed by atoms with Gasteiger partial charge in [-0.2, -0.15) is 0 Å². The second-order valence-corrected chi connectivity index (χ2v) is 10.2. The van der Waals surface area contributed by atoms with Gasteiger partial charge in [-0.1, -0.05) is 142 Å². The number of allylic oxidation sites excluding steroid dienone is 1. The van der Waals surface area contributed by atoms with E-state index in [1.54, 1.807) is 6.08 Å². The largest absolute Gasteiger partial charge is 0.394 e. The molecule has 0 bridgehead atoms. The molecule has 0 rings (SSSR count). The molecule has 0 aliphatic rings. The van der Waals surface area contributed by atoms with E-state index < -0.39 is 12.1 Å². The van der Waals surface area contributed by atoms with Crippen molar-refractivity contribution in [2.45, 2.75) is 167 Å². The van der Waals surface area contributed by atoms with Crippen molar-refractivity contribution in [3.8, 4) is 0 Å². The van der Waals surface area contributed by atoms with E-state index in [1.165, 1.54) is 109 Å². The molecule has 34 heavy (non-hydrogen) atoms. The van der Waals surface area contributed by atoms with Crippen molar-refractivity contribution < 1.29 is 15.0 Å². The molecule has 0 aromatic carbocycles. The van der Waals surface area contributed by atoms with E-state index in [2.05, 4.69) is 19.2 Å². The third kappa shape index (κ3) is 22.9. The molecule has 0 radical (unpaired) electrons. The number of hydrogen-bond acceptors (Lipinski definition) is 3. The van der Waals surface area contributed by atoms with E-state index in [9.17, 15) is 15.0 Å². The molecule has 0 aliphatic heterocycles. The van der Waals surface area contributed by atoms with Gasteiger partial charge in [0.1, 0.15) is 0 Å². The highest BCUT2D eigenvalue weighted by molar-refractivity contribution is 5.76. The van der Waals surface area contributed by atoms with E-state index >= 15 is 0 Å². The third-order valence-electron chi connectivity index (χ3n) is 6.77. The van der Waals surface area contributed by atoms with Gasteiger partial charge in [0.15, 0.2) is 0 Å². The molecule has 0 fully saturated rings. The molecule has 0 saturated heterocycles. The number of hydrogen-bond donors (Lipinski definition) is 3. The number of aliphatic hydroxyl groups excluding tert-OH is 2. The van der Waals surface area contributed by atoms with E-state index in [0.29, 0.717) is 6.42 Å². The van der Waals surface area contributed by atoms with Crippen LogP contribution in [0, 0.1) is 0 Å². The Morgan fingerprint density at radius 1 is 0.676 bits per heavy atom. The summed E-state index contributed by atoms with van der Waals surface area (Å²) in [4.78, 5) is 12.2. The normalized spacial score (nSPS) is 13.4. The Bertz CT molecular complexity index is 452. The Balaban J connectivity index is 3.69. The summed E-state index contributed by atoms with van der Waals surface area (Å²) >= 11 is 0. The van der Waals surface area contributed by atoms with Gasteiger partial charge in [-0.05, 0) is 19.3 Å². The number of aliphatic hydroxyl groups is 2. The third-order valence-corrected chi connectivity index (χ3v) is 6.77. The van der Waals surface area contributed by atoms with Crippen LogP contribution in [-0.2, 0) is 4.79 Å². The van der Waals surface area contributed by atoms with Crippen LogP contribution in [0.4, 0.5) is 0 Å². The van der Waals surface area contributed by atoms with Crippen molar-refractivity contribution in [3.05, 3.63) is 12.2 Å². The van der Waals surface area contributed by atoms with Crippen LogP contribution in [0.1, 0.15) is 155 Å². The number of rotatable bonds is 26. The second kappa shape index (κ2) is 26.7. The average molecular weight is 482 g/mol. The zero-order chi connectivity index (χ0) is 25.1. The van der Waals surface area contributed by atoms with Gasteiger partial charge in [0.25, 0.3) is 0 Å². The first-order valence-electron chi connectivity index (χ1n) is 14.9. The summed E-state index contributed by atoms with van der Waals surface area (Å²) in [5.41, 5.74) is 0. The lowest BCUT2D eigenvalue weighted by molar-refractivity contribution is -0.123. The molecule has 202 valence electrons. The predicted molar refractivity (Wildman–Crippen MR) is 147 cm³/mol. The van der Waals surface area contributed by atoms with Crippen molar-refractivity contribution in [2.75, 3.05) is 6.61 Å². The molecular weight excluding hydrogens is 422 g/mol. The molecule has 2 atom stereocenters. The van der Waals surface area contributed by atoms with Crippen molar-refractivity contribution in [2.24, 2.45) is 0 Å². The average Bonchev–Trinajstić information content (AvgIpc) is 2.84. The summed E-state index contributed by atoms with van der Waals surface area (Å²) < 4.78 is 0. The lowest BCUT2D eigenvalue weighted by Crippen LogP contribution is -2.45. The summed E-state index contributed by atoms with van der Waals surface area (Å²) in [6.45, 7) is 4.26. The van der Waals surface area contributed by atoms with Gasteiger partial charge < -0.3 is 15.5 Å². The van der Waals surface area contributed by atoms with Crippen LogP contribution in [0.15, 0.2) is 12.2 Å². The van der Waals surface area contributed by atoms with Gasteiger partial charge >= 0.3 is 0 Å². The van der Waals surface area contributed by atoms with E-state index in [-0.39, 0.29) is 12.5 Å². The molecule has 4 nitrogen and oxygen atoms in total. The lowest BCUT2D eigenvalue weighted by Gasteiger charge is -2.20. The summed E-state index contributed by atoms with van der Waals surface area (Å²) in [7, 11) is 0. The number of carbonyl (C=O) groups is 1. The number of unbranched alkanes of at least 4 members (excludes halogenated alkanes) is 19. The predicted octanol–water partition coefficient (Wildman–Crippen LogP) is 8.00. The van der Waals surface area contributed by atoms with Crippen LogP contribution in [0.2, 0.25) is 0 Å². The topological polar surface area (TPSA) is 69.6 Å². The highest BCUT2D eigenvalue weighted by Gasteiger charge is 2.17. The molecule has 2 unspecified atom stereocenters. The maximum atomic E-state index is 12.2. The number of amides is 1. The highest BCUT2D eigenvalue weighted by Crippen LogP contribution is 2.13. The summed E-state index contributed by atoms with van der Waals surface area (Å²) in [5.74, 6) is -0.0682. The lowest BCUT2D eigenvalue weighted by atomic mass is 10.0. The minimum absolute atomic E-state index is 0.0682. The van der Waals surface area contributed by atoms with Crippen molar-refractivity contribution in [1.29, 1.82) is 0 Å². The van der Waals surface area contributed by atoms with Gasteiger partial charge in [-0.15, -0.1) is 0 Å². The summed E-state index contributed by atoms with van der Waals surface area (Å²) in [5, 5.41) is 22.7. The van der Waals surface area contributed by atoms with Crippen LogP contribution >= 0.6 is 0 Å². The van der Waals surface area contributed by atoms with Crippen LogP contribution in [0.5, 0.6) is 0 Å². The molecular formula is C30H59NO3. The van der Waals surface area contributed by atoms with Gasteiger partial charge in [0.05, 0.1) is 18.8 Å². The Kier molecular flexibility index (Phi) is 26.0. The van der Waals surface area contributed by atoms with Crippen molar-refractivity contribution >= 4 is 5.91 Å². The Morgan fingerprint density at radius 3 is 1.53 bits per heavy atom. The SMILES string of the molecule is CCCCCCCCCCC/C=C/C(O)C(CO)NC(=O)CCCCCCCCCCCCC. The van der Waals surface area contributed by atoms with E-state index in [0.717, 1.165) is 25.7 Å². The minimum atomic E-state index is -0.829. The summed E-state index contributed by atoms with van der Waals surface area (Å²) in [6, 6.07) is -0.612. The smallest absolute Gasteiger partial charge is 0.220 e. The molecule has 0 aromatic heterocycles. The molecule has 1 amide bonds. The van der Waals surface area contributed by atoms with Crippen LogP contribution in [0.3, 0.4) is 0 Å². The van der Waals surface area contributed by atoms with Gasteiger partial charge in [-0.25, -0.2) is 0 Å². The highest BCUT2D eigenvalue weighted by atomic mass is 16.3. The molecule has 0 saturated carbocycles. The zero-order valence-electron chi connectivity index (χ0n) is 22.9. The first-order valence-corrected chi connectivity index (χ1v) is 14.9.